The summed E-state index contributed by atoms with van der Waals surface area (Å²) in [4.78, 5) is 6.20. The maximum absolute atomic E-state index is 13.8. The highest BCUT2D eigenvalue weighted by Gasteiger charge is 2.28. The highest BCUT2D eigenvalue weighted by Crippen LogP contribution is 2.26. The highest BCUT2D eigenvalue weighted by molar-refractivity contribution is 5.58. The van der Waals surface area contributed by atoms with E-state index in [-0.39, 0.29) is 23.5 Å². The molecule has 2 unspecified atom stereocenters. The third-order valence-corrected chi connectivity index (χ3v) is 3.98. The largest absolute Gasteiger partial charge is 0.335 e. The molecule has 3 N–H and O–H groups in total. The molecular weight excluding hydrogens is 276 g/mol. The highest BCUT2D eigenvalue weighted by atomic mass is 19.1. The second-order valence-electron chi connectivity index (χ2n) is 5.32. The van der Waals surface area contributed by atoms with Gasteiger partial charge >= 0.3 is 0 Å². The first-order chi connectivity index (χ1) is 10.1. The Kier molecular flexibility index (Phi) is 3.59. The van der Waals surface area contributed by atoms with Crippen LogP contribution in [0.1, 0.15) is 19.8 Å². The molecule has 2 atom stereocenters. The average molecular weight is 293 g/mol. The fourth-order valence-corrected chi connectivity index (χ4v) is 2.67. The predicted octanol–water partition coefficient (Wildman–Crippen LogP) is 2.07. The standard InChI is InChI=1S/C14H17F2N5/c1-8-11(17)6-3-7-21(8)14-18-13(19-20-14)12-9(15)4-2-5-10(12)16/h2,4-5,8,11H,3,6-7,17H2,1H3,(H,18,19,20). The van der Waals surface area contributed by atoms with Crippen molar-refractivity contribution in [3.05, 3.63) is 29.8 Å². The quantitative estimate of drug-likeness (QED) is 0.889. The average Bonchev–Trinajstić information content (AvgIpc) is 2.91. The van der Waals surface area contributed by atoms with E-state index < -0.39 is 11.6 Å². The Bertz CT molecular complexity index is 622. The SMILES string of the molecule is CC1C(N)CCCN1c1n[nH]c(-c2c(F)cccc2F)n1. The van der Waals surface area contributed by atoms with Gasteiger partial charge in [-0.15, -0.1) is 5.10 Å². The number of rotatable bonds is 2. The van der Waals surface area contributed by atoms with Crippen LogP contribution in [0.5, 0.6) is 0 Å². The summed E-state index contributed by atoms with van der Waals surface area (Å²) >= 11 is 0. The molecule has 0 saturated carbocycles. The number of halogens is 2. The van der Waals surface area contributed by atoms with Crippen LogP contribution in [0.25, 0.3) is 11.4 Å². The molecule has 5 nitrogen and oxygen atoms in total. The molecule has 21 heavy (non-hydrogen) atoms. The van der Waals surface area contributed by atoms with Gasteiger partial charge in [-0.25, -0.2) is 8.78 Å². The van der Waals surface area contributed by atoms with E-state index in [0.717, 1.165) is 19.4 Å². The zero-order valence-corrected chi connectivity index (χ0v) is 11.7. The summed E-state index contributed by atoms with van der Waals surface area (Å²) in [7, 11) is 0. The molecule has 1 aliphatic rings. The number of nitrogens with one attached hydrogen (secondary N) is 1. The van der Waals surface area contributed by atoms with Crippen LogP contribution < -0.4 is 10.6 Å². The summed E-state index contributed by atoms with van der Waals surface area (Å²) in [6.07, 6.45) is 1.90. The molecule has 0 amide bonds. The second-order valence-corrected chi connectivity index (χ2v) is 5.32. The lowest BCUT2D eigenvalue weighted by Crippen LogP contribution is -2.50. The summed E-state index contributed by atoms with van der Waals surface area (Å²) in [6, 6.07) is 3.84. The molecule has 1 aliphatic heterocycles. The summed E-state index contributed by atoms with van der Waals surface area (Å²) in [5.41, 5.74) is 5.86. The minimum Gasteiger partial charge on any atom is -0.335 e. The number of H-pyrrole nitrogens is 1. The van der Waals surface area contributed by atoms with Crippen LogP contribution in [0.4, 0.5) is 14.7 Å². The Morgan fingerprint density at radius 3 is 2.76 bits per heavy atom. The molecule has 0 radical (unpaired) electrons. The van der Waals surface area contributed by atoms with E-state index in [1.165, 1.54) is 18.2 Å². The van der Waals surface area contributed by atoms with Crippen LogP contribution in [0, 0.1) is 11.6 Å². The van der Waals surface area contributed by atoms with Crippen molar-refractivity contribution in [3.63, 3.8) is 0 Å². The van der Waals surface area contributed by atoms with Gasteiger partial charge in [0.05, 0.1) is 5.56 Å². The second kappa shape index (κ2) is 5.40. The van der Waals surface area contributed by atoms with E-state index in [4.69, 9.17) is 5.73 Å². The van der Waals surface area contributed by atoms with Gasteiger partial charge in [0.15, 0.2) is 5.82 Å². The number of piperidine rings is 1. The molecule has 0 spiro atoms. The number of hydrogen-bond donors (Lipinski definition) is 2. The third-order valence-electron chi connectivity index (χ3n) is 3.98. The van der Waals surface area contributed by atoms with Crippen molar-refractivity contribution in [1.29, 1.82) is 0 Å². The van der Waals surface area contributed by atoms with Crippen LogP contribution >= 0.6 is 0 Å². The van der Waals surface area contributed by atoms with Crippen molar-refractivity contribution >= 4 is 5.95 Å². The molecule has 7 heteroatoms. The maximum Gasteiger partial charge on any atom is 0.245 e. The minimum atomic E-state index is -0.666. The summed E-state index contributed by atoms with van der Waals surface area (Å²) in [6.45, 7) is 2.79. The first kappa shape index (κ1) is 13.9. The van der Waals surface area contributed by atoms with E-state index in [1.54, 1.807) is 0 Å². The molecule has 1 fully saturated rings. The normalized spacial score (nSPS) is 22.6. The van der Waals surface area contributed by atoms with Gasteiger partial charge < -0.3 is 10.6 Å². The number of aromatic nitrogens is 3. The number of nitrogens with two attached hydrogens (primary N) is 1. The van der Waals surface area contributed by atoms with Gasteiger partial charge in [-0.3, -0.25) is 5.10 Å². The molecular formula is C14H17F2N5. The first-order valence-corrected chi connectivity index (χ1v) is 6.97. The Morgan fingerprint density at radius 2 is 2.05 bits per heavy atom. The van der Waals surface area contributed by atoms with Crippen molar-refractivity contribution < 1.29 is 8.78 Å². The lowest BCUT2D eigenvalue weighted by molar-refractivity contribution is 0.416. The van der Waals surface area contributed by atoms with Gasteiger partial charge in [-0.2, -0.15) is 4.98 Å². The fourth-order valence-electron chi connectivity index (χ4n) is 2.67. The van der Waals surface area contributed by atoms with Gasteiger partial charge in [0.2, 0.25) is 5.95 Å². The number of aromatic amines is 1. The smallest absolute Gasteiger partial charge is 0.245 e. The molecule has 0 bridgehead atoms. The van der Waals surface area contributed by atoms with Gasteiger partial charge in [-0.05, 0) is 31.9 Å². The molecule has 3 rings (SSSR count). The lowest BCUT2D eigenvalue weighted by atomic mass is 9.99. The van der Waals surface area contributed by atoms with Gasteiger partial charge in [0, 0.05) is 18.6 Å². The minimum absolute atomic E-state index is 0.0471. The Balaban J connectivity index is 1.93. The first-order valence-electron chi connectivity index (χ1n) is 6.97. The number of benzene rings is 1. The van der Waals surface area contributed by atoms with Crippen LogP contribution in [0.15, 0.2) is 18.2 Å². The zero-order valence-electron chi connectivity index (χ0n) is 11.7. The van der Waals surface area contributed by atoms with E-state index in [9.17, 15) is 8.78 Å². The van der Waals surface area contributed by atoms with E-state index in [2.05, 4.69) is 15.2 Å². The van der Waals surface area contributed by atoms with E-state index >= 15 is 0 Å². The number of nitrogens with zero attached hydrogens (tertiary/aromatic N) is 3. The Hall–Kier alpha value is -2.02. The van der Waals surface area contributed by atoms with Crippen molar-refractivity contribution in [1.82, 2.24) is 15.2 Å². The maximum atomic E-state index is 13.8. The van der Waals surface area contributed by atoms with Crippen molar-refractivity contribution in [2.24, 2.45) is 5.73 Å². The topological polar surface area (TPSA) is 70.8 Å². The van der Waals surface area contributed by atoms with Crippen molar-refractivity contribution in [3.8, 4) is 11.4 Å². The molecule has 0 aliphatic carbocycles. The fraction of sp³-hybridized carbons (Fsp3) is 0.429. The van der Waals surface area contributed by atoms with Gasteiger partial charge in [0.1, 0.15) is 11.6 Å². The van der Waals surface area contributed by atoms with Gasteiger partial charge in [0.25, 0.3) is 0 Å². The molecule has 2 aromatic rings. The van der Waals surface area contributed by atoms with Gasteiger partial charge in [-0.1, -0.05) is 6.07 Å². The van der Waals surface area contributed by atoms with Crippen LogP contribution in [0.2, 0.25) is 0 Å². The molecule has 1 aromatic carbocycles. The monoisotopic (exact) mass is 293 g/mol. The lowest BCUT2D eigenvalue weighted by Gasteiger charge is -2.36. The third kappa shape index (κ3) is 2.49. The molecule has 1 aromatic heterocycles. The summed E-state index contributed by atoms with van der Waals surface area (Å²) in [5.74, 6) is -0.815. The van der Waals surface area contributed by atoms with E-state index in [0.29, 0.717) is 5.95 Å². The van der Waals surface area contributed by atoms with E-state index in [1.807, 2.05) is 11.8 Å². The Labute approximate surface area is 121 Å². The predicted molar refractivity (Wildman–Crippen MR) is 75.8 cm³/mol. The number of hydrogen-bond acceptors (Lipinski definition) is 4. The summed E-state index contributed by atoms with van der Waals surface area (Å²) in [5, 5.41) is 6.70. The Morgan fingerprint density at radius 1 is 1.33 bits per heavy atom. The van der Waals surface area contributed by atoms with Crippen LogP contribution in [-0.2, 0) is 0 Å². The van der Waals surface area contributed by atoms with Crippen LogP contribution in [0.3, 0.4) is 0 Å². The van der Waals surface area contributed by atoms with Crippen molar-refractivity contribution in [2.75, 3.05) is 11.4 Å². The molecule has 1 saturated heterocycles. The van der Waals surface area contributed by atoms with Crippen molar-refractivity contribution in [2.45, 2.75) is 31.8 Å². The number of anilines is 1. The summed E-state index contributed by atoms with van der Waals surface area (Å²) < 4.78 is 27.5. The van der Waals surface area contributed by atoms with Crippen LogP contribution in [-0.4, -0.2) is 33.8 Å². The molecule has 2 heterocycles. The zero-order chi connectivity index (χ0) is 15.0. The molecule has 112 valence electrons.